The fraction of sp³-hybridized carbons (Fsp3) is 0.360. The quantitative estimate of drug-likeness (QED) is 0.638. The minimum atomic E-state index is -0.140. The third-order valence-electron chi connectivity index (χ3n) is 5.64. The predicted molar refractivity (Wildman–Crippen MR) is 119 cm³/mol. The number of piperazine rings is 1. The first-order valence-corrected chi connectivity index (χ1v) is 10.6. The number of hydrogen-bond donors (Lipinski definition) is 0. The van der Waals surface area contributed by atoms with E-state index < -0.39 is 0 Å². The number of nitrogens with zero attached hydrogens (tertiary/aromatic N) is 2. The summed E-state index contributed by atoms with van der Waals surface area (Å²) in [5, 5.41) is 0.910. The lowest BCUT2D eigenvalue weighted by Gasteiger charge is -2.34. The van der Waals surface area contributed by atoms with Crippen LogP contribution in [0.5, 0.6) is 5.75 Å². The molecule has 2 aromatic carbocycles. The summed E-state index contributed by atoms with van der Waals surface area (Å²) in [6.45, 7) is 8.38. The largest absolute Gasteiger partial charge is 0.484 e. The van der Waals surface area contributed by atoms with E-state index in [4.69, 9.17) is 9.15 Å². The van der Waals surface area contributed by atoms with Gasteiger partial charge >= 0.3 is 0 Å². The number of furan rings is 1. The van der Waals surface area contributed by atoms with Gasteiger partial charge < -0.3 is 19.0 Å². The Morgan fingerprint density at radius 1 is 0.935 bits per heavy atom. The van der Waals surface area contributed by atoms with Crippen molar-refractivity contribution in [3.8, 4) is 5.75 Å². The summed E-state index contributed by atoms with van der Waals surface area (Å²) in [4.78, 5) is 28.8. The van der Waals surface area contributed by atoms with Crippen molar-refractivity contribution in [1.29, 1.82) is 0 Å². The third kappa shape index (κ3) is 4.74. The summed E-state index contributed by atoms with van der Waals surface area (Å²) in [5.74, 6) is 0.803. The van der Waals surface area contributed by atoms with Crippen LogP contribution in [0.3, 0.4) is 0 Å². The second-order valence-corrected chi connectivity index (χ2v) is 8.88. The van der Waals surface area contributed by atoms with Gasteiger partial charge in [-0.15, -0.1) is 0 Å². The van der Waals surface area contributed by atoms with Crippen molar-refractivity contribution in [2.24, 2.45) is 0 Å². The van der Waals surface area contributed by atoms with Crippen LogP contribution < -0.4 is 4.74 Å². The monoisotopic (exact) mass is 420 g/mol. The summed E-state index contributed by atoms with van der Waals surface area (Å²) in [6.07, 6.45) is 0. The van der Waals surface area contributed by atoms with Gasteiger partial charge in [0.25, 0.3) is 11.8 Å². The van der Waals surface area contributed by atoms with Crippen LogP contribution in [0, 0.1) is 0 Å². The molecule has 6 nitrogen and oxygen atoms in total. The molecule has 0 bridgehead atoms. The lowest BCUT2D eigenvalue weighted by molar-refractivity contribution is -0.134. The first-order chi connectivity index (χ1) is 14.8. The lowest BCUT2D eigenvalue weighted by atomic mass is 9.87. The van der Waals surface area contributed by atoms with Gasteiger partial charge in [-0.1, -0.05) is 51.1 Å². The fourth-order valence-electron chi connectivity index (χ4n) is 3.69. The Kier molecular flexibility index (Phi) is 5.72. The van der Waals surface area contributed by atoms with Crippen LogP contribution in [0.25, 0.3) is 11.0 Å². The maximum absolute atomic E-state index is 12.8. The van der Waals surface area contributed by atoms with Crippen LogP contribution in [0.2, 0.25) is 0 Å². The standard InChI is InChI=1S/C25H28N2O4/c1-25(2,3)19-8-10-20(11-9-19)30-17-23(28)26-12-14-27(15-13-26)24(29)22-16-18-6-4-5-7-21(18)31-22/h4-11,16H,12-15,17H2,1-3H3. The minimum absolute atomic E-state index is 0.00756. The van der Waals surface area contributed by atoms with Crippen LogP contribution in [0.15, 0.2) is 59.0 Å². The summed E-state index contributed by atoms with van der Waals surface area (Å²) >= 11 is 0. The number of para-hydroxylation sites is 1. The molecule has 4 rings (SSSR count). The van der Waals surface area contributed by atoms with Gasteiger partial charge in [-0.05, 0) is 35.2 Å². The number of fused-ring (bicyclic) bond motifs is 1. The van der Waals surface area contributed by atoms with E-state index in [1.54, 1.807) is 15.9 Å². The first-order valence-electron chi connectivity index (χ1n) is 10.6. The first kappa shape index (κ1) is 21.0. The highest BCUT2D eigenvalue weighted by atomic mass is 16.5. The molecule has 1 aliphatic heterocycles. The Hall–Kier alpha value is -3.28. The predicted octanol–water partition coefficient (Wildman–Crippen LogP) is 4.09. The van der Waals surface area contributed by atoms with E-state index >= 15 is 0 Å². The summed E-state index contributed by atoms with van der Waals surface area (Å²) in [5.41, 5.74) is 2.00. The zero-order valence-electron chi connectivity index (χ0n) is 18.3. The van der Waals surface area contributed by atoms with Crippen LogP contribution in [-0.4, -0.2) is 54.4 Å². The van der Waals surface area contributed by atoms with E-state index in [2.05, 4.69) is 20.8 Å². The van der Waals surface area contributed by atoms with E-state index in [0.29, 0.717) is 43.3 Å². The van der Waals surface area contributed by atoms with E-state index in [1.807, 2.05) is 48.5 Å². The maximum atomic E-state index is 12.8. The molecule has 0 unspecified atom stereocenters. The summed E-state index contributed by atoms with van der Waals surface area (Å²) < 4.78 is 11.4. The zero-order chi connectivity index (χ0) is 22.0. The SMILES string of the molecule is CC(C)(C)c1ccc(OCC(=O)N2CCN(C(=O)c3cc4ccccc4o3)CC2)cc1. The molecule has 0 radical (unpaired) electrons. The Morgan fingerprint density at radius 2 is 1.58 bits per heavy atom. The minimum Gasteiger partial charge on any atom is -0.484 e. The number of rotatable bonds is 4. The summed E-state index contributed by atoms with van der Waals surface area (Å²) in [6, 6.07) is 17.2. The fourth-order valence-corrected chi connectivity index (χ4v) is 3.69. The molecular weight excluding hydrogens is 392 g/mol. The molecule has 3 aromatic rings. The molecule has 1 aliphatic rings. The molecule has 0 saturated carbocycles. The lowest BCUT2D eigenvalue weighted by Crippen LogP contribution is -2.51. The van der Waals surface area contributed by atoms with Gasteiger partial charge in [0.1, 0.15) is 11.3 Å². The number of hydrogen-bond acceptors (Lipinski definition) is 4. The Morgan fingerprint density at radius 3 is 2.23 bits per heavy atom. The van der Waals surface area contributed by atoms with Gasteiger partial charge in [-0.2, -0.15) is 0 Å². The molecule has 2 heterocycles. The van der Waals surface area contributed by atoms with E-state index in [0.717, 1.165) is 5.39 Å². The second kappa shape index (κ2) is 8.46. The molecule has 0 aliphatic carbocycles. The van der Waals surface area contributed by atoms with Crippen molar-refractivity contribution in [2.75, 3.05) is 32.8 Å². The molecule has 0 spiro atoms. The van der Waals surface area contributed by atoms with Gasteiger partial charge in [-0.3, -0.25) is 9.59 Å². The molecule has 2 amide bonds. The highest BCUT2D eigenvalue weighted by molar-refractivity contribution is 5.96. The van der Waals surface area contributed by atoms with Crippen molar-refractivity contribution >= 4 is 22.8 Å². The van der Waals surface area contributed by atoms with Gasteiger partial charge in [0.05, 0.1) is 0 Å². The van der Waals surface area contributed by atoms with Gasteiger partial charge in [0.15, 0.2) is 12.4 Å². The van der Waals surface area contributed by atoms with Gasteiger partial charge in [0, 0.05) is 31.6 Å². The number of carbonyl (C=O) groups is 2. The average molecular weight is 421 g/mol. The van der Waals surface area contributed by atoms with Gasteiger partial charge in [0.2, 0.25) is 0 Å². The second-order valence-electron chi connectivity index (χ2n) is 8.88. The summed E-state index contributed by atoms with van der Waals surface area (Å²) in [7, 11) is 0. The number of ether oxygens (including phenoxy) is 1. The molecule has 1 saturated heterocycles. The van der Waals surface area contributed by atoms with Crippen molar-refractivity contribution in [3.63, 3.8) is 0 Å². The van der Waals surface area contributed by atoms with Crippen molar-refractivity contribution in [3.05, 3.63) is 65.9 Å². The molecule has 6 heteroatoms. The van der Waals surface area contributed by atoms with Crippen molar-refractivity contribution in [2.45, 2.75) is 26.2 Å². The van der Waals surface area contributed by atoms with Crippen LogP contribution >= 0.6 is 0 Å². The third-order valence-corrected chi connectivity index (χ3v) is 5.64. The Balaban J connectivity index is 1.28. The van der Waals surface area contributed by atoms with E-state index in [1.165, 1.54) is 5.56 Å². The van der Waals surface area contributed by atoms with Crippen LogP contribution in [-0.2, 0) is 10.2 Å². The highest BCUT2D eigenvalue weighted by Crippen LogP contribution is 2.24. The highest BCUT2D eigenvalue weighted by Gasteiger charge is 2.27. The molecule has 1 aromatic heterocycles. The molecular formula is C25H28N2O4. The maximum Gasteiger partial charge on any atom is 0.289 e. The zero-order valence-corrected chi connectivity index (χ0v) is 18.3. The number of benzene rings is 2. The number of carbonyl (C=O) groups excluding carboxylic acids is 2. The smallest absolute Gasteiger partial charge is 0.289 e. The normalized spacial score (nSPS) is 14.7. The molecule has 1 fully saturated rings. The van der Waals surface area contributed by atoms with Gasteiger partial charge in [-0.25, -0.2) is 0 Å². The molecule has 162 valence electrons. The van der Waals surface area contributed by atoms with E-state index in [-0.39, 0.29) is 23.8 Å². The Labute approximate surface area is 182 Å². The molecule has 0 N–H and O–H groups in total. The van der Waals surface area contributed by atoms with Crippen molar-refractivity contribution < 1.29 is 18.7 Å². The average Bonchev–Trinajstić information content (AvgIpc) is 3.21. The van der Waals surface area contributed by atoms with E-state index in [9.17, 15) is 9.59 Å². The van der Waals surface area contributed by atoms with Crippen molar-refractivity contribution in [1.82, 2.24) is 9.80 Å². The Bertz CT molecular complexity index is 1040. The topological polar surface area (TPSA) is 63.0 Å². The molecule has 31 heavy (non-hydrogen) atoms. The van der Waals surface area contributed by atoms with Crippen LogP contribution in [0.1, 0.15) is 36.9 Å². The molecule has 0 atom stereocenters. The number of amides is 2. The van der Waals surface area contributed by atoms with Crippen LogP contribution in [0.4, 0.5) is 0 Å².